The maximum Gasteiger partial charge on any atom is 0.263 e. The van der Waals surface area contributed by atoms with Crippen LogP contribution < -0.4 is 5.56 Å². The third-order valence-corrected chi connectivity index (χ3v) is 7.17. The van der Waals surface area contributed by atoms with Crippen LogP contribution >= 0.6 is 11.3 Å². The van der Waals surface area contributed by atoms with Crippen molar-refractivity contribution in [2.24, 2.45) is 0 Å². The molecular weight excluding hydrogens is 432 g/mol. The lowest BCUT2D eigenvalue weighted by Gasteiger charge is -2.12. The standard InChI is InChI=1S/C27H26N2O3S/c1-2-3-10-19-13-14-21(30)25-23(19)24-26(33-25)28-22(15-12-18-8-5-4-6-9-18)29(27(24)31)17-20-11-7-16-32-20/h4-9,11,13-14,16,30H,2-3,10,12,15,17H2,1H3. The van der Waals surface area contributed by atoms with Gasteiger partial charge >= 0.3 is 0 Å². The Hall–Kier alpha value is -3.38. The molecule has 0 aliphatic rings. The van der Waals surface area contributed by atoms with Crippen molar-refractivity contribution >= 4 is 31.6 Å². The Balaban J connectivity index is 1.69. The van der Waals surface area contributed by atoms with E-state index >= 15 is 0 Å². The van der Waals surface area contributed by atoms with Crippen molar-refractivity contribution in [3.05, 3.63) is 93.9 Å². The molecule has 0 fully saturated rings. The van der Waals surface area contributed by atoms with Crippen molar-refractivity contribution in [1.29, 1.82) is 0 Å². The SMILES string of the molecule is CCCCc1ccc(O)c2sc3nc(CCc4ccccc4)n(Cc4ccco4)c(=O)c3c12. The molecule has 0 aliphatic carbocycles. The van der Waals surface area contributed by atoms with E-state index in [0.717, 1.165) is 47.2 Å². The smallest absolute Gasteiger partial charge is 0.263 e. The van der Waals surface area contributed by atoms with Crippen LogP contribution in [0.15, 0.2) is 70.1 Å². The van der Waals surface area contributed by atoms with E-state index in [4.69, 9.17) is 9.40 Å². The van der Waals surface area contributed by atoms with Crippen molar-refractivity contribution < 1.29 is 9.52 Å². The molecule has 0 amide bonds. The third-order valence-electron chi connectivity index (χ3n) is 6.06. The number of nitrogens with zero attached hydrogens (tertiary/aromatic N) is 2. The number of phenols is 1. The summed E-state index contributed by atoms with van der Waals surface area (Å²) in [5.74, 6) is 1.65. The fraction of sp³-hybridized carbons (Fsp3) is 0.259. The second-order valence-electron chi connectivity index (χ2n) is 8.32. The summed E-state index contributed by atoms with van der Waals surface area (Å²) in [7, 11) is 0. The predicted octanol–water partition coefficient (Wildman–Crippen LogP) is 6.09. The van der Waals surface area contributed by atoms with E-state index in [1.54, 1.807) is 16.9 Å². The topological polar surface area (TPSA) is 68.3 Å². The Kier molecular flexibility index (Phi) is 6.01. The molecule has 5 aromatic rings. The van der Waals surface area contributed by atoms with Gasteiger partial charge in [-0.2, -0.15) is 0 Å². The van der Waals surface area contributed by atoms with E-state index in [1.807, 2.05) is 36.4 Å². The van der Waals surface area contributed by atoms with E-state index in [2.05, 4.69) is 19.1 Å². The molecule has 0 aliphatic heterocycles. The molecule has 5 nitrogen and oxygen atoms in total. The van der Waals surface area contributed by atoms with Gasteiger partial charge in [-0.3, -0.25) is 9.36 Å². The van der Waals surface area contributed by atoms with Crippen molar-refractivity contribution in [3.63, 3.8) is 0 Å². The summed E-state index contributed by atoms with van der Waals surface area (Å²) in [4.78, 5) is 19.6. The maximum absolute atomic E-state index is 13.9. The summed E-state index contributed by atoms with van der Waals surface area (Å²) in [6.45, 7) is 2.49. The number of rotatable bonds is 8. The molecule has 0 saturated heterocycles. The first-order valence-corrected chi connectivity index (χ1v) is 12.2. The Bertz CT molecular complexity index is 1450. The Labute approximate surface area is 196 Å². The first-order chi connectivity index (χ1) is 16.2. The van der Waals surface area contributed by atoms with E-state index < -0.39 is 0 Å². The first-order valence-electron chi connectivity index (χ1n) is 11.4. The van der Waals surface area contributed by atoms with Gasteiger partial charge in [0, 0.05) is 11.8 Å². The van der Waals surface area contributed by atoms with Crippen LogP contribution in [0.3, 0.4) is 0 Å². The average molecular weight is 459 g/mol. The minimum atomic E-state index is -0.0749. The highest BCUT2D eigenvalue weighted by molar-refractivity contribution is 7.25. The van der Waals surface area contributed by atoms with E-state index in [9.17, 15) is 9.90 Å². The zero-order valence-corrected chi connectivity index (χ0v) is 19.4. The number of phenolic OH excluding ortho intramolecular Hbond substituents is 1. The van der Waals surface area contributed by atoms with Crippen LogP contribution in [0.25, 0.3) is 20.3 Å². The van der Waals surface area contributed by atoms with E-state index in [1.165, 1.54) is 16.9 Å². The normalized spacial score (nSPS) is 11.5. The average Bonchev–Trinajstić information content (AvgIpc) is 3.48. The van der Waals surface area contributed by atoms with Crippen molar-refractivity contribution in [2.45, 2.75) is 45.6 Å². The molecular formula is C27H26N2O3S. The molecule has 5 rings (SSSR count). The van der Waals surface area contributed by atoms with E-state index in [0.29, 0.717) is 28.9 Å². The number of hydrogen-bond donors (Lipinski definition) is 1. The second kappa shape index (κ2) is 9.24. The second-order valence-corrected chi connectivity index (χ2v) is 9.32. The highest BCUT2D eigenvalue weighted by Crippen LogP contribution is 2.39. The van der Waals surface area contributed by atoms with Gasteiger partial charge in [0.1, 0.15) is 22.2 Å². The highest BCUT2D eigenvalue weighted by Gasteiger charge is 2.20. The number of unbranched alkanes of at least 4 members (excludes halogenated alkanes) is 1. The number of aromatic hydroxyl groups is 1. The summed E-state index contributed by atoms with van der Waals surface area (Å²) in [6, 6.07) is 17.6. The first kappa shape index (κ1) is 21.5. The van der Waals surface area contributed by atoms with Gasteiger partial charge in [0.15, 0.2) is 0 Å². The van der Waals surface area contributed by atoms with Crippen molar-refractivity contribution in [1.82, 2.24) is 9.55 Å². The number of thiophene rings is 1. The quantitative estimate of drug-likeness (QED) is 0.306. The highest BCUT2D eigenvalue weighted by atomic mass is 32.1. The maximum atomic E-state index is 13.9. The van der Waals surface area contributed by atoms with Gasteiger partial charge in [-0.1, -0.05) is 49.7 Å². The molecule has 0 radical (unpaired) electrons. The summed E-state index contributed by atoms with van der Waals surface area (Å²) < 4.78 is 8.05. The molecule has 33 heavy (non-hydrogen) atoms. The number of aryl methyl sites for hydroxylation is 3. The van der Waals surface area contributed by atoms with Crippen LogP contribution in [0.4, 0.5) is 0 Å². The monoisotopic (exact) mass is 458 g/mol. The predicted molar refractivity (Wildman–Crippen MR) is 133 cm³/mol. The van der Waals surface area contributed by atoms with Gasteiger partial charge in [-0.05, 0) is 48.6 Å². The Morgan fingerprint density at radius 3 is 2.61 bits per heavy atom. The van der Waals surface area contributed by atoms with Crippen LogP contribution in [0.5, 0.6) is 5.75 Å². The van der Waals surface area contributed by atoms with E-state index in [-0.39, 0.29) is 11.3 Å². The lowest BCUT2D eigenvalue weighted by molar-refractivity contribution is 0.482. The number of aromatic nitrogens is 2. The summed E-state index contributed by atoms with van der Waals surface area (Å²) >= 11 is 1.40. The lowest BCUT2D eigenvalue weighted by Crippen LogP contribution is -2.26. The summed E-state index contributed by atoms with van der Waals surface area (Å²) in [5.41, 5.74) is 2.22. The van der Waals surface area contributed by atoms with Crippen molar-refractivity contribution in [3.8, 4) is 5.75 Å². The molecule has 1 N–H and O–H groups in total. The number of furan rings is 1. The van der Waals surface area contributed by atoms with Crippen LogP contribution in [-0.4, -0.2) is 14.7 Å². The molecule has 2 aromatic carbocycles. The summed E-state index contributed by atoms with van der Waals surface area (Å²) in [5, 5.41) is 12.0. The van der Waals surface area contributed by atoms with Gasteiger partial charge in [0.25, 0.3) is 5.56 Å². The van der Waals surface area contributed by atoms with Crippen LogP contribution in [0.2, 0.25) is 0 Å². The fourth-order valence-corrected chi connectivity index (χ4v) is 5.48. The number of hydrogen-bond acceptors (Lipinski definition) is 5. The largest absolute Gasteiger partial charge is 0.506 e. The third kappa shape index (κ3) is 4.18. The molecule has 0 unspecified atom stereocenters. The molecule has 6 heteroatoms. The number of benzene rings is 2. The molecule has 3 aromatic heterocycles. The van der Waals surface area contributed by atoms with Gasteiger partial charge in [-0.25, -0.2) is 4.98 Å². The zero-order valence-electron chi connectivity index (χ0n) is 18.6. The molecule has 0 bridgehead atoms. The summed E-state index contributed by atoms with van der Waals surface area (Å²) in [6.07, 6.45) is 6.01. The molecule has 0 saturated carbocycles. The molecule has 0 atom stereocenters. The molecule has 0 spiro atoms. The van der Waals surface area contributed by atoms with Crippen molar-refractivity contribution in [2.75, 3.05) is 0 Å². The Morgan fingerprint density at radius 2 is 1.85 bits per heavy atom. The van der Waals surface area contributed by atoms with Gasteiger partial charge in [0.2, 0.25) is 0 Å². The van der Waals surface area contributed by atoms with Gasteiger partial charge < -0.3 is 9.52 Å². The van der Waals surface area contributed by atoms with Crippen LogP contribution in [-0.2, 0) is 25.8 Å². The minimum absolute atomic E-state index is 0.0749. The minimum Gasteiger partial charge on any atom is -0.506 e. The number of fused-ring (bicyclic) bond motifs is 3. The van der Waals surface area contributed by atoms with Gasteiger partial charge in [0.05, 0.1) is 22.9 Å². The fourth-order valence-electron chi connectivity index (χ4n) is 4.34. The van der Waals surface area contributed by atoms with Gasteiger partial charge in [-0.15, -0.1) is 11.3 Å². The molecule has 3 heterocycles. The lowest BCUT2D eigenvalue weighted by atomic mass is 10.0. The Morgan fingerprint density at radius 1 is 1.00 bits per heavy atom. The molecule has 168 valence electrons. The zero-order chi connectivity index (χ0) is 22.8. The van der Waals surface area contributed by atoms with Crippen LogP contribution in [0.1, 0.15) is 42.5 Å². The van der Waals surface area contributed by atoms with Crippen LogP contribution in [0, 0.1) is 0 Å².